The molecule has 0 fully saturated rings. The summed E-state index contributed by atoms with van der Waals surface area (Å²) in [7, 11) is 0. The second kappa shape index (κ2) is 4.23. The third-order valence-electron chi connectivity index (χ3n) is 2.94. The van der Waals surface area contributed by atoms with Crippen molar-refractivity contribution < 1.29 is 0 Å². The van der Waals surface area contributed by atoms with Gasteiger partial charge in [-0.3, -0.25) is 4.98 Å². The summed E-state index contributed by atoms with van der Waals surface area (Å²) < 4.78 is 0. The number of hydrogen-bond donors (Lipinski definition) is 2. The molecule has 18 heavy (non-hydrogen) atoms. The first-order chi connectivity index (χ1) is 8.76. The predicted molar refractivity (Wildman–Crippen MR) is 72.0 cm³/mol. The van der Waals surface area contributed by atoms with E-state index in [1.807, 2.05) is 18.2 Å². The maximum absolute atomic E-state index is 5.55. The summed E-state index contributed by atoms with van der Waals surface area (Å²) in [6.07, 6.45) is 1.79. The first-order valence-electron chi connectivity index (χ1n) is 5.88. The summed E-state index contributed by atoms with van der Waals surface area (Å²) in [5.74, 6) is 0.791. The van der Waals surface area contributed by atoms with Gasteiger partial charge in [-0.25, -0.2) is 4.98 Å². The summed E-state index contributed by atoms with van der Waals surface area (Å²) in [6.45, 7) is 2.57. The van der Waals surface area contributed by atoms with E-state index in [1.165, 1.54) is 5.56 Å². The quantitative estimate of drug-likeness (QED) is 0.720. The van der Waals surface area contributed by atoms with E-state index < -0.39 is 0 Å². The Bertz CT molecular complexity index is 683. The zero-order valence-electron chi connectivity index (χ0n) is 10.1. The lowest BCUT2D eigenvalue weighted by atomic mass is 10.2. The number of aromatic nitrogens is 3. The maximum Gasteiger partial charge on any atom is 0.157 e. The van der Waals surface area contributed by atoms with E-state index in [0.717, 1.165) is 28.1 Å². The van der Waals surface area contributed by atoms with Crippen LogP contribution in [0.3, 0.4) is 0 Å². The number of hydrogen-bond acceptors (Lipinski definition) is 3. The minimum absolute atomic E-state index is 0.507. The molecule has 4 nitrogen and oxygen atoms in total. The second-order valence-corrected chi connectivity index (χ2v) is 4.36. The highest BCUT2D eigenvalue weighted by molar-refractivity contribution is 5.79. The molecular weight excluding hydrogens is 224 g/mol. The molecule has 0 atom stereocenters. The molecule has 90 valence electrons. The number of aryl methyl sites for hydroxylation is 1. The monoisotopic (exact) mass is 238 g/mol. The molecule has 0 aliphatic heterocycles. The van der Waals surface area contributed by atoms with Crippen molar-refractivity contribution in [3.63, 3.8) is 0 Å². The number of imidazole rings is 1. The van der Waals surface area contributed by atoms with E-state index in [9.17, 15) is 0 Å². The van der Waals surface area contributed by atoms with Crippen molar-refractivity contribution in [2.45, 2.75) is 13.5 Å². The first-order valence-corrected chi connectivity index (χ1v) is 5.88. The van der Waals surface area contributed by atoms with Crippen molar-refractivity contribution in [3.8, 4) is 11.5 Å². The Morgan fingerprint density at radius 2 is 2.11 bits per heavy atom. The van der Waals surface area contributed by atoms with Gasteiger partial charge in [0.15, 0.2) is 5.82 Å². The summed E-state index contributed by atoms with van der Waals surface area (Å²) in [4.78, 5) is 12.2. The lowest BCUT2D eigenvalue weighted by Crippen LogP contribution is -1.97. The van der Waals surface area contributed by atoms with Gasteiger partial charge in [0.25, 0.3) is 0 Å². The van der Waals surface area contributed by atoms with Crippen LogP contribution in [0.2, 0.25) is 0 Å². The minimum Gasteiger partial charge on any atom is -0.337 e. The van der Waals surface area contributed by atoms with E-state index in [-0.39, 0.29) is 0 Å². The molecule has 0 unspecified atom stereocenters. The van der Waals surface area contributed by atoms with Crippen LogP contribution in [0.5, 0.6) is 0 Å². The highest BCUT2D eigenvalue weighted by Crippen LogP contribution is 2.19. The van der Waals surface area contributed by atoms with Crippen LogP contribution < -0.4 is 5.73 Å². The van der Waals surface area contributed by atoms with Crippen LogP contribution in [-0.2, 0) is 6.54 Å². The number of nitrogens with two attached hydrogens (primary N) is 1. The Balaban J connectivity index is 2.07. The third-order valence-corrected chi connectivity index (χ3v) is 2.94. The molecule has 3 aromatic rings. The molecule has 0 saturated carbocycles. The van der Waals surface area contributed by atoms with Crippen molar-refractivity contribution in [3.05, 3.63) is 47.7 Å². The average Bonchev–Trinajstić information content (AvgIpc) is 2.81. The Kier molecular flexibility index (Phi) is 2.57. The average molecular weight is 238 g/mol. The molecule has 0 bridgehead atoms. The van der Waals surface area contributed by atoms with E-state index in [2.05, 4.69) is 34.0 Å². The van der Waals surface area contributed by atoms with Gasteiger partial charge in [-0.1, -0.05) is 12.1 Å². The second-order valence-electron chi connectivity index (χ2n) is 4.36. The van der Waals surface area contributed by atoms with Crippen molar-refractivity contribution in [2.75, 3.05) is 0 Å². The van der Waals surface area contributed by atoms with Crippen molar-refractivity contribution in [1.82, 2.24) is 15.0 Å². The smallest absolute Gasteiger partial charge is 0.157 e. The number of benzene rings is 1. The van der Waals surface area contributed by atoms with Gasteiger partial charge < -0.3 is 10.7 Å². The number of rotatable bonds is 2. The highest BCUT2D eigenvalue weighted by atomic mass is 14.9. The van der Waals surface area contributed by atoms with Crippen molar-refractivity contribution in [2.24, 2.45) is 5.73 Å². The topological polar surface area (TPSA) is 67.6 Å². The van der Waals surface area contributed by atoms with Gasteiger partial charge in [-0.05, 0) is 36.2 Å². The van der Waals surface area contributed by atoms with E-state index in [1.54, 1.807) is 6.20 Å². The number of nitrogens with one attached hydrogen (secondary N) is 1. The molecule has 3 N–H and O–H groups in total. The molecule has 0 aliphatic carbocycles. The molecule has 0 aliphatic rings. The molecule has 2 aromatic heterocycles. The van der Waals surface area contributed by atoms with Gasteiger partial charge in [0.1, 0.15) is 5.69 Å². The third kappa shape index (κ3) is 1.87. The van der Waals surface area contributed by atoms with Crippen LogP contribution in [-0.4, -0.2) is 15.0 Å². The van der Waals surface area contributed by atoms with Crippen LogP contribution in [0.1, 0.15) is 11.1 Å². The van der Waals surface area contributed by atoms with Crippen LogP contribution >= 0.6 is 0 Å². The Labute approximate surface area is 105 Å². The lowest BCUT2D eigenvalue weighted by Gasteiger charge is -1.97. The number of aromatic amines is 1. The van der Waals surface area contributed by atoms with Crippen molar-refractivity contribution in [1.29, 1.82) is 0 Å². The molecule has 0 radical (unpaired) electrons. The molecule has 0 saturated heterocycles. The number of nitrogens with zero attached hydrogens (tertiary/aromatic N) is 2. The fourth-order valence-electron chi connectivity index (χ4n) is 1.93. The summed E-state index contributed by atoms with van der Waals surface area (Å²) >= 11 is 0. The van der Waals surface area contributed by atoms with E-state index in [0.29, 0.717) is 6.54 Å². The van der Waals surface area contributed by atoms with E-state index in [4.69, 9.17) is 5.73 Å². The Morgan fingerprint density at radius 3 is 2.83 bits per heavy atom. The zero-order valence-corrected chi connectivity index (χ0v) is 10.1. The van der Waals surface area contributed by atoms with Crippen LogP contribution in [0, 0.1) is 6.92 Å². The van der Waals surface area contributed by atoms with Crippen LogP contribution in [0.15, 0.2) is 36.5 Å². The molecule has 2 heterocycles. The minimum atomic E-state index is 0.507. The number of fused-ring (bicyclic) bond motifs is 1. The van der Waals surface area contributed by atoms with Gasteiger partial charge in [0.05, 0.1) is 11.0 Å². The fraction of sp³-hybridized carbons (Fsp3) is 0.143. The Hall–Kier alpha value is -2.20. The van der Waals surface area contributed by atoms with Gasteiger partial charge in [-0.2, -0.15) is 0 Å². The SMILES string of the molecule is Cc1ccc2nc(-c3ccc(CN)cn3)[nH]c2c1. The molecule has 1 aromatic carbocycles. The molecule has 4 heteroatoms. The van der Waals surface area contributed by atoms with E-state index >= 15 is 0 Å². The lowest BCUT2D eigenvalue weighted by molar-refractivity contribution is 1.05. The summed E-state index contributed by atoms with van der Waals surface area (Å²) in [5, 5.41) is 0. The molecule has 0 spiro atoms. The van der Waals surface area contributed by atoms with Gasteiger partial charge in [0.2, 0.25) is 0 Å². The highest BCUT2D eigenvalue weighted by Gasteiger charge is 2.06. The van der Waals surface area contributed by atoms with Crippen molar-refractivity contribution >= 4 is 11.0 Å². The number of pyridine rings is 1. The zero-order chi connectivity index (χ0) is 12.5. The molecule has 0 amide bonds. The van der Waals surface area contributed by atoms with Gasteiger partial charge in [-0.15, -0.1) is 0 Å². The van der Waals surface area contributed by atoms with Gasteiger partial charge >= 0.3 is 0 Å². The fourth-order valence-corrected chi connectivity index (χ4v) is 1.93. The summed E-state index contributed by atoms with van der Waals surface area (Å²) in [6, 6.07) is 10.1. The first kappa shape index (κ1) is 10.9. The maximum atomic E-state index is 5.55. The predicted octanol–water partition coefficient (Wildman–Crippen LogP) is 2.39. The standard InChI is InChI=1S/C14H14N4/c1-9-2-4-11-13(6-9)18-14(17-11)12-5-3-10(7-15)8-16-12/h2-6,8H,7,15H2,1H3,(H,17,18). The van der Waals surface area contributed by atoms with Crippen LogP contribution in [0.4, 0.5) is 0 Å². The molecular formula is C14H14N4. The molecule has 3 rings (SSSR count). The summed E-state index contributed by atoms with van der Waals surface area (Å²) in [5.41, 5.74) is 10.6. The van der Waals surface area contributed by atoms with Gasteiger partial charge in [0, 0.05) is 12.7 Å². The normalized spacial score (nSPS) is 11.0. The Morgan fingerprint density at radius 1 is 1.22 bits per heavy atom. The number of H-pyrrole nitrogens is 1. The van der Waals surface area contributed by atoms with Crippen LogP contribution in [0.25, 0.3) is 22.6 Å². The largest absolute Gasteiger partial charge is 0.337 e.